The van der Waals surface area contributed by atoms with Gasteiger partial charge in [0, 0.05) is 5.88 Å². The Morgan fingerprint density at radius 1 is 1.29 bits per heavy atom. The number of alkyl halides is 1. The van der Waals surface area contributed by atoms with Gasteiger partial charge in [-0.25, -0.2) is 8.42 Å². The predicted octanol–water partition coefficient (Wildman–Crippen LogP) is 2.93. The monoisotopic (exact) mass is 252 g/mol. The Balaban J connectivity index is 2.44. The van der Waals surface area contributed by atoms with Crippen molar-refractivity contribution >= 4 is 32.8 Å². The van der Waals surface area contributed by atoms with Gasteiger partial charge in [-0.05, 0) is 24.3 Å². The van der Waals surface area contributed by atoms with E-state index < -0.39 is 9.84 Å². The van der Waals surface area contributed by atoms with E-state index in [1.54, 1.807) is 17.5 Å². The van der Waals surface area contributed by atoms with Crippen LogP contribution >= 0.6 is 22.9 Å². The number of hydrogen-bond acceptors (Lipinski definition) is 3. The summed E-state index contributed by atoms with van der Waals surface area (Å²) in [7, 11) is -3.02. The van der Waals surface area contributed by atoms with E-state index in [1.807, 2.05) is 0 Å². The Morgan fingerprint density at radius 2 is 2.07 bits per heavy atom. The van der Waals surface area contributed by atoms with Gasteiger partial charge in [0.15, 0.2) is 9.84 Å². The third-order valence-electron chi connectivity index (χ3n) is 1.85. The molecule has 0 saturated carbocycles. The molecule has 0 bridgehead atoms. The van der Waals surface area contributed by atoms with Gasteiger partial charge in [-0.2, -0.15) is 0 Å². The van der Waals surface area contributed by atoms with Crippen LogP contribution in [0.15, 0.2) is 21.7 Å². The number of sulfone groups is 1. The second-order valence-electron chi connectivity index (χ2n) is 3.00. The van der Waals surface area contributed by atoms with Crippen LogP contribution < -0.4 is 0 Å². The van der Waals surface area contributed by atoms with Gasteiger partial charge in [0.1, 0.15) is 4.21 Å². The lowest BCUT2D eigenvalue weighted by atomic mass is 10.3. The maximum absolute atomic E-state index is 11.6. The predicted molar refractivity (Wildman–Crippen MR) is 60.9 cm³/mol. The van der Waals surface area contributed by atoms with Gasteiger partial charge in [0.25, 0.3) is 0 Å². The molecule has 2 nitrogen and oxygen atoms in total. The van der Waals surface area contributed by atoms with Crippen LogP contribution in [0.1, 0.15) is 19.3 Å². The van der Waals surface area contributed by atoms with Gasteiger partial charge in [-0.15, -0.1) is 22.9 Å². The molecule has 0 aromatic carbocycles. The Morgan fingerprint density at radius 3 is 2.64 bits per heavy atom. The van der Waals surface area contributed by atoms with Crippen LogP contribution in [0.3, 0.4) is 0 Å². The third kappa shape index (κ3) is 3.59. The topological polar surface area (TPSA) is 34.1 Å². The highest BCUT2D eigenvalue weighted by atomic mass is 35.5. The minimum Gasteiger partial charge on any atom is -0.223 e. The molecule has 1 aromatic rings. The minimum absolute atomic E-state index is 0.240. The molecule has 0 atom stereocenters. The lowest BCUT2D eigenvalue weighted by Gasteiger charge is -2.00. The van der Waals surface area contributed by atoms with E-state index in [9.17, 15) is 8.42 Å². The van der Waals surface area contributed by atoms with Crippen LogP contribution in [0.5, 0.6) is 0 Å². The van der Waals surface area contributed by atoms with E-state index in [4.69, 9.17) is 11.6 Å². The zero-order valence-corrected chi connectivity index (χ0v) is 10.2. The Bertz CT molecular complexity index is 343. The molecule has 1 heterocycles. The molecule has 1 rings (SSSR count). The van der Waals surface area contributed by atoms with Crippen LogP contribution in [-0.4, -0.2) is 20.1 Å². The van der Waals surface area contributed by atoms with Crippen molar-refractivity contribution in [1.82, 2.24) is 0 Å². The van der Waals surface area contributed by atoms with Crippen molar-refractivity contribution in [2.24, 2.45) is 0 Å². The highest BCUT2D eigenvalue weighted by molar-refractivity contribution is 7.93. The molecule has 14 heavy (non-hydrogen) atoms. The first-order valence-electron chi connectivity index (χ1n) is 4.49. The fourth-order valence-corrected chi connectivity index (χ4v) is 3.82. The molecule has 1 aromatic heterocycles. The average molecular weight is 253 g/mol. The van der Waals surface area contributed by atoms with Crippen LogP contribution in [0.25, 0.3) is 0 Å². The van der Waals surface area contributed by atoms with E-state index in [1.165, 1.54) is 11.3 Å². The van der Waals surface area contributed by atoms with Crippen LogP contribution in [-0.2, 0) is 9.84 Å². The fourth-order valence-electron chi connectivity index (χ4n) is 1.10. The molecule has 5 heteroatoms. The first kappa shape index (κ1) is 12.0. The zero-order chi connectivity index (χ0) is 10.4. The smallest absolute Gasteiger partial charge is 0.187 e. The summed E-state index contributed by atoms with van der Waals surface area (Å²) >= 11 is 6.78. The number of thiophene rings is 1. The molecule has 0 fully saturated rings. The zero-order valence-electron chi connectivity index (χ0n) is 7.78. The van der Waals surface area contributed by atoms with E-state index in [0.29, 0.717) is 16.5 Å². The van der Waals surface area contributed by atoms with Crippen LogP contribution in [0.4, 0.5) is 0 Å². The Hall–Kier alpha value is -0.0600. The SMILES string of the molecule is O=S(=O)(CCCCCCl)c1cccs1. The fraction of sp³-hybridized carbons (Fsp3) is 0.556. The number of hydrogen-bond donors (Lipinski definition) is 0. The molecule has 0 saturated heterocycles. The van der Waals surface area contributed by atoms with Crippen molar-refractivity contribution in [3.8, 4) is 0 Å². The number of unbranched alkanes of at least 4 members (excludes halogenated alkanes) is 2. The summed E-state index contributed by atoms with van der Waals surface area (Å²) in [6, 6.07) is 3.41. The first-order chi connectivity index (χ1) is 6.67. The minimum atomic E-state index is -3.02. The van der Waals surface area contributed by atoms with Crippen molar-refractivity contribution in [1.29, 1.82) is 0 Å². The van der Waals surface area contributed by atoms with E-state index in [-0.39, 0.29) is 5.75 Å². The Kier molecular flexibility index (Phi) is 4.92. The number of halogens is 1. The molecule has 0 aliphatic carbocycles. The normalized spacial score (nSPS) is 11.8. The second kappa shape index (κ2) is 5.73. The van der Waals surface area contributed by atoms with Gasteiger partial charge in [-0.3, -0.25) is 0 Å². The summed E-state index contributed by atoms with van der Waals surface area (Å²) in [5.41, 5.74) is 0. The maximum atomic E-state index is 11.6. The second-order valence-corrected chi connectivity index (χ2v) is 6.66. The average Bonchev–Trinajstić information content (AvgIpc) is 2.65. The molecule has 0 spiro atoms. The largest absolute Gasteiger partial charge is 0.223 e. The highest BCUT2D eigenvalue weighted by Crippen LogP contribution is 2.18. The molecular formula is C9H13ClO2S2. The molecule has 0 amide bonds. The summed E-state index contributed by atoms with van der Waals surface area (Å²) in [6.45, 7) is 0. The van der Waals surface area contributed by atoms with Crippen molar-refractivity contribution in [3.05, 3.63) is 17.5 Å². The summed E-state index contributed by atoms with van der Waals surface area (Å²) in [4.78, 5) is 0. The van der Waals surface area contributed by atoms with Crippen molar-refractivity contribution in [3.63, 3.8) is 0 Å². The summed E-state index contributed by atoms with van der Waals surface area (Å²) in [6.07, 6.45) is 2.47. The summed E-state index contributed by atoms with van der Waals surface area (Å²) < 4.78 is 23.7. The molecule has 0 unspecified atom stereocenters. The van der Waals surface area contributed by atoms with Gasteiger partial charge in [0.05, 0.1) is 5.75 Å². The van der Waals surface area contributed by atoms with Gasteiger partial charge in [0.2, 0.25) is 0 Å². The molecule has 0 aliphatic rings. The van der Waals surface area contributed by atoms with Gasteiger partial charge in [-0.1, -0.05) is 12.5 Å². The third-order valence-corrected chi connectivity index (χ3v) is 5.40. The quantitative estimate of drug-likeness (QED) is 0.576. The number of rotatable bonds is 6. The van der Waals surface area contributed by atoms with Crippen LogP contribution in [0, 0.1) is 0 Å². The van der Waals surface area contributed by atoms with Gasteiger partial charge < -0.3 is 0 Å². The highest BCUT2D eigenvalue weighted by Gasteiger charge is 2.14. The van der Waals surface area contributed by atoms with E-state index in [2.05, 4.69) is 0 Å². The molecule has 0 aliphatic heterocycles. The van der Waals surface area contributed by atoms with Crippen molar-refractivity contribution in [2.75, 3.05) is 11.6 Å². The first-order valence-corrected chi connectivity index (χ1v) is 7.56. The standard InChI is InChI=1S/C9H13ClO2S2/c10-6-2-1-3-8-14(11,12)9-5-4-7-13-9/h4-5,7H,1-3,6,8H2. The molecule has 0 radical (unpaired) electrons. The van der Waals surface area contributed by atoms with Crippen molar-refractivity contribution in [2.45, 2.75) is 23.5 Å². The van der Waals surface area contributed by atoms with E-state index >= 15 is 0 Å². The molecule has 0 N–H and O–H groups in total. The van der Waals surface area contributed by atoms with E-state index in [0.717, 1.165) is 12.8 Å². The van der Waals surface area contributed by atoms with Crippen molar-refractivity contribution < 1.29 is 8.42 Å². The lowest BCUT2D eigenvalue weighted by molar-refractivity contribution is 0.593. The van der Waals surface area contributed by atoms with Gasteiger partial charge >= 0.3 is 0 Å². The molecular weight excluding hydrogens is 240 g/mol. The Labute approximate surface area is 93.8 Å². The lowest BCUT2D eigenvalue weighted by Crippen LogP contribution is -2.04. The van der Waals surface area contributed by atoms with Crippen LogP contribution in [0.2, 0.25) is 0 Å². The summed E-state index contributed by atoms with van der Waals surface area (Å²) in [5.74, 6) is 0.851. The summed E-state index contributed by atoms with van der Waals surface area (Å²) in [5, 5.41) is 1.78. The molecule has 80 valence electrons. The maximum Gasteiger partial charge on any atom is 0.187 e.